The van der Waals surface area contributed by atoms with Gasteiger partial charge in [0.1, 0.15) is 5.76 Å². The summed E-state index contributed by atoms with van der Waals surface area (Å²) >= 11 is 0. The summed E-state index contributed by atoms with van der Waals surface area (Å²) in [4.78, 5) is 1.47. The van der Waals surface area contributed by atoms with Gasteiger partial charge in [-0.1, -0.05) is 0 Å². The van der Waals surface area contributed by atoms with Gasteiger partial charge in [0.2, 0.25) is 0 Å². The summed E-state index contributed by atoms with van der Waals surface area (Å²) in [6.07, 6.45) is -0.997. The van der Waals surface area contributed by atoms with Crippen LogP contribution in [0.25, 0.3) is 0 Å². The van der Waals surface area contributed by atoms with Crippen LogP contribution >= 0.6 is 0 Å². The van der Waals surface area contributed by atoms with Crippen LogP contribution in [0.4, 0.5) is 13.2 Å². The smallest absolute Gasteiger partial charge is 0.401 e. The zero-order valence-corrected chi connectivity index (χ0v) is 10.9. The molecule has 0 aromatic carbocycles. The summed E-state index contributed by atoms with van der Waals surface area (Å²) < 4.78 is 42.1. The van der Waals surface area contributed by atoms with E-state index >= 15 is 0 Å². The number of likely N-dealkylation sites (tertiary alicyclic amines) is 1. The van der Waals surface area contributed by atoms with Crippen LogP contribution in [-0.4, -0.2) is 36.8 Å². The molecule has 1 aromatic rings. The van der Waals surface area contributed by atoms with E-state index in [1.165, 1.54) is 4.90 Å². The highest BCUT2D eigenvalue weighted by molar-refractivity contribution is 5.03. The Morgan fingerprint density at radius 1 is 1.42 bits per heavy atom. The van der Waals surface area contributed by atoms with E-state index in [-0.39, 0.29) is 12.1 Å². The molecule has 1 fully saturated rings. The van der Waals surface area contributed by atoms with Crippen molar-refractivity contribution in [1.29, 1.82) is 0 Å². The van der Waals surface area contributed by atoms with Crippen LogP contribution in [0.2, 0.25) is 0 Å². The van der Waals surface area contributed by atoms with E-state index in [4.69, 9.17) is 4.42 Å². The number of furan rings is 1. The van der Waals surface area contributed by atoms with Gasteiger partial charge in [0, 0.05) is 6.04 Å². The number of nitrogens with zero attached hydrogens (tertiary/aromatic N) is 1. The van der Waals surface area contributed by atoms with E-state index in [0.29, 0.717) is 13.1 Å². The SMILES string of the molecule is C[C@H](NC1CCN(CC(F)(F)F)CC1)c1ccco1. The lowest BCUT2D eigenvalue weighted by Gasteiger charge is -2.33. The van der Waals surface area contributed by atoms with E-state index in [9.17, 15) is 13.2 Å². The van der Waals surface area contributed by atoms with Gasteiger partial charge in [-0.25, -0.2) is 0 Å². The first-order chi connectivity index (χ1) is 8.94. The fourth-order valence-corrected chi connectivity index (χ4v) is 2.48. The second-order valence-corrected chi connectivity index (χ2v) is 5.07. The van der Waals surface area contributed by atoms with Crippen LogP contribution in [0.1, 0.15) is 31.6 Å². The molecule has 0 unspecified atom stereocenters. The maximum absolute atomic E-state index is 12.3. The van der Waals surface area contributed by atoms with E-state index in [2.05, 4.69) is 5.32 Å². The van der Waals surface area contributed by atoms with Crippen molar-refractivity contribution in [2.24, 2.45) is 0 Å². The van der Waals surface area contributed by atoms with Crippen molar-refractivity contribution in [2.75, 3.05) is 19.6 Å². The van der Waals surface area contributed by atoms with Crippen molar-refractivity contribution in [3.63, 3.8) is 0 Å². The van der Waals surface area contributed by atoms with Crippen molar-refractivity contribution >= 4 is 0 Å². The number of hydrogen-bond acceptors (Lipinski definition) is 3. The van der Waals surface area contributed by atoms with E-state index in [0.717, 1.165) is 18.6 Å². The van der Waals surface area contributed by atoms with Crippen molar-refractivity contribution < 1.29 is 17.6 Å². The first-order valence-corrected chi connectivity index (χ1v) is 6.52. The third-order valence-corrected chi connectivity index (χ3v) is 3.45. The van der Waals surface area contributed by atoms with Gasteiger partial charge in [-0.3, -0.25) is 4.90 Å². The highest BCUT2D eigenvalue weighted by Crippen LogP contribution is 2.21. The largest absolute Gasteiger partial charge is 0.468 e. The van der Waals surface area contributed by atoms with Gasteiger partial charge < -0.3 is 9.73 Å². The second kappa shape index (κ2) is 5.96. The van der Waals surface area contributed by atoms with Gasteiger partial charge >= 0.3 is 6.18 Å². The van der Waals surface area contributed by atoms with Crippen molar-refractivity contribution in [2.45, 2.75) is 38.0 Å². The molecule has 0 bridgehead atoms. The molecule has 108 valence electrons. The lowest BCUT2D eigenvalue weighted by molar-refractivity contribution is -0.148. The number of alkyl halides is 3. The molecule has 1 N–H and O–H groups in total. The Morgan fingerprint density at radius 2 is 2.11 bits per heavy atom. The summed E-state index contributed by atoms with van der Waals surface area (Å²) in [5.74, 6) is 0.859. The molecule has 1 atom stereocenters. The molecule has 1 aromatic heterocycles. The average molecular weight is 276 g/mol. The molecule has 1 saturated heterocycles. The first kappa shape index (κ1) is 14.4. The van der Waals surface area contributed by atoms with Gasteiger partial charge in [0.25, 0.3) is 0 Å². The van der Waals surface area contributed by atoms with Crippen molar-refractivity contribution in [3.05, 3.63) is 24.2 Å². The molecular weight excluding hydrogens is 257 g/mol. The zero-order chi connectivity index (χ0) is 13.9. The minimum absolute atomic E-state index is 0.0918. The van der Waals surface area contributed by atoms with Gasteiger partial charge in [-0.15, -0.1) is 0 Å². The molecule has 0 aliphatic carbocycles. The predicted molar refractivity (Wildman–Crippen MR) is 65.8 cm³/mol. The lowest BCUT2D eigenvalue weighted by Crippen LogP contribution is -2.46. The molecule has 2 heterocycles. The minimum Gasteiger partial charge on any atom is -0.468 e. The van der Waals surface area contributed by atoms with Crippen LogP contribution in [0, 0.1) is 0 Å². The standard InChI is InChI=1S/C13H19F3N2O/c1-10(12-3-2-8-19-12)17-11-4-6-18(7-5-11)9-13(14,15)16/h2-3,8,10-11,17H,4-7,9H2,1H3/t10-/m0/s1. The number of piperidine rings is 1. The molecule has 1 aliphatic heterocycles. The van der Waals surface area contributed by atoms with Crippen molar-refractivity contribution in [1.82, 2.24) is 10.2 Å². The molecule has 1 aliphatic rings. The van der Waals surface area contributed by atoms with Crippen LogP contribution in [0.3, 0.4) is 0 Å². The maximum Gasteiger partial charge on any atom is 0.401 e. The third-order valence-electron chi connectivity index (χ3n) is 3.45. The Kier molecular flexibility index (Phi) is 4.52. The zero-order valence-electron chi connectivity index (χ0n) is 10.9. The van der Waals surface area contributed by atoms with E-state index < -0.39 is 12.7 Å². The van der Waals surface area contributed by atoms with Gasteiger partial charge in [-0.05, 0) is 45.0 Å². The Balaban J connectivity index is 1.74. The summed E-state index contributed by atoms with van der Waals surface area (Å²) in [7, 11) is 0. The van der Waals surface area contributed by atoms with Crippen LogP contribution in [0.15, 0.2) is 22.8 Å². The molecule has 6 heteroatoms. The maximum atomic E-state index is 12.3. The second-order valence-electron chi connectivity index (χ2n) is 5.07. The normalized spacial score (nSPS) is 20.6. The van der Waals surface area contributed by atoms with Gasteiger partial charge in [0.05, 0.1) is 18.8 Å². The molecule has 19 heavy (non-hydrogen) atoms. The monoisotopic (exact) mass is 276 g/mol. The molecule has 0 spiro atoms. The summed E-state index contributed by atoms with van der Waals surface area (Å²) in [5.41, 5.74) is 0. The molecule has 0 saturated carbocycles. The Morgan fingerprint density at radius 3 is 2.63 bits per heavy atom. The molecule has 0 amide bonds. The summed E-state index contributed by atoms with van der Waals surface area (Å²) in [6.45, 7) is 2.18. The Bertz CT molecular complexity index is 370. The predicted octanol–water partition coefficient (Wildman–Crippen LogP) is 2.96. The number of halogens is 3. The molecular formula is C13H19F3N2O. The van der Waals surface area contributed by atoms with Crippen LogP contribution in [0.5, 0.6) is 0 Å². The average Bonchev–Trinajstić information content (AvgIpc) is 2.83. The van der Waals surface area contributed by atoms with Crippen molar-refractivity contribution in [3.8, 4) is 0 Å². The number of nitrogens with one attached hydrogen (secondary N) is 1. The fraction of sp³-hybridized carbons (Fsp3) is 0.692. The molecule has 3 nitrogen and oxygen atoms in total. The quantitative estimate of drug-likeness (QED) is 0.916. The Labute approximate surface area is 110 Å². The highest BCUT2D eigenvalue weighted by atomic mass is 19.4. The number of hydrogen-bond donors (Lipinski definition) is 1. The van der Waals surface area contributed by atoms with Gasteiger partial charge in [-0.2, -0.15) is 13.2 Å². The summed E-state index contributed by atoms with van der Waals surface area (Å²) in [5, 5.41) is 3.40. The minimum atomic E-state index is -4.10. The summed E-state index contributed by atoms with van der Waals surface area (Å²) in [6, 6.07) is 4.08. The van der Waals surface area contributed by atoms with E-state index in [1.54, 1.807) is 6.26 Å². The number of rotatable bonds is 4. The van der Waals surface area contributed by atoms with Gasteiger partial charge in [0.15, 0.2) is 0 Å². The van der Waals surface area contributed by atoms with Crippen LogP contribution in [-0.2, 0) is 0 Å². The molecule has 2 rings (SSSR count). The van der Waals surface area contributed by atoms with Crippen LogP contribution < -0.4 is 5.32 Å². The topological polar surface area (TPSA) is 28.4 Å². The lowest BCUT2D eigenvalue weighted by atomic mass is 10.0. The first-order valence-electron chi connectivity index (χ1n) is 6.52. The fourth-order valence-electron chi connectivity index (χ4n) is 2.48. The molecule has 0 radical (unpaired) electrons. The van der Waals surface area contributed by atoms with E-state index in [1.807, 2.05) is 19.1 Å². The Hall–Kier alpha value is -1.01. The highest BCUT2D eigenvalue weighted by Gasteiger charge is 2.32. The third kappa shape index (κ3) is 4.54.